The molecule has 146 valence electrons. The number of thioether (sulfide) groups is 1. The molecule has 0 saturated heterocycles. The molecule has 1 N–H and O–H groups in total. The van der Waals surface area contributed by atoms with E-state index in [1.54, 1.807) is 30.3 Å². The fraction of sp³-hybridized carbons (Fsp3) is 0.167. The normalized spacial score (nSPS) is 10.9. The van der Waals surface area contributed by atoms with E-state index in [0.29, 0.717) is 43.3 Å². The first kappa shape index (κ1) is 21.3. The smallest absolute Gasteiger partial charge is 0.234 e. The second-order valence-corrected chi connectivity index (χ2v) is 8.16. The second kappa shape index (κ2) is 9.37. The summed E-state index contributed by atoms with van der Waals surface area (Å²) in [6.45, 7) is 2.60. The number of nitrogens with zero attached hydrogens (tertiary/aromatic N) is 3. The van der Waals surface area contributed by atoms with E-state index in [1.165, 1.54) is 11.8 Å². The van der Waals surface area contributed by atoms with Crippen LogP contribution >= 0.6 is 58.2 Å². The summed E-state index contributed by atoms with van der Waals surface area (Å²) in [6, 6.07) is 10.3. The predicted octanol–water partition coefficient (Wildman–Crippen LogP) is 6.31. The molecule has 3 aromatic rings. The van der Waals surface area contributed by atoms with E-state index in [4.69, 9.17) is 46.4 Å². The average Bonchev–Trinajstić information content (AvgIpc) is 3.09. The summed E-state index contributed by atoms with van der Waals surface area (Å²) in [4.78, 5) is 12.3. The van der Waals surface area contributed by atoms with Crippen molar-refractivity contribution < 1.29 is 4.79 Å². The fourth-order valence-electron chi connectivity index (χ4n) is 2.45. The Morgan fingerprint density at radius 2 is 1.86 bits per heavy atom. The number of nitrogens with one attached hydrogen (secondary N) is 1. The number of amides is 1. The molecule has 0 radical (unpaired) electrons. The van der Waals surface area contributed by atoms with Gasteiger partial charge in [-0.25, -0.2) is 0 Å². The highest BCUT2D eigenvalue weighted by atomic mass is 35.5. The van der Waals surface area contributed by atoms with Gasteiger partial charge < -0.3 is 9.88 Å². The van der Waals surface area contributed by atoms with Crippen LogP contribution in [0.15, 0.2) is 41.6 Å². The lowest BCUT2D eigenvalue weighted by molar-refractivity contribution is -0.113. The van der Waals surface area contributed by atoms with Crippen LogP contribution in [0, 0.1) is 0 Å². The molecule has 0 aliphatic rings. The molecule has 0 atom stereocenters. The van der Waals surface area contributed by atoms with Gasteiger partial charge in [-0.05, 0) is 37.3 Å². The molecule has 3 rings (SSSR count). The third-order valence-corrected chi connectivity index (χ3v) is 6.29. The summed E-state index contributed by atoms with van der Waals surface area (Å²) in [5.74, 6) is 0.570. The van der Waals surface area contributed by atoms with Crippen LogP contribution in [0.5, 0.6) is 0 Å². The van der Waals surface area contributed by atoms with E-state index >= 15 is 0 Å². The third-order valence-electron chi connectivity index (χ3n) is 3.77. The van der Waals surface area contributed by atoms with Gasteiger partial charge in [0.15, 0.2) is 11.0 Å². The van der Waals surface area contributed by atoms with Crippen molar-refractivity contribution >= 4 is 69.8 Å². The first-order valence-corrected chi connectivity index (χ1v) is 10.7. The molecule has 0 saturated carbocycles. The fourth-order valence-corrected chi connectivity index (χ4v) is 3.89. The number of carbonyl (C=O) groups excluding carboxylic acids is 1. The van der Waals surface area contributed by atoms with E-state index in [0.717, 1.165) is 5.56 Å². The summed E-state index contributed by atoms with van der Waals surface area (Å²) in [6.07, 6.45) is 0. The number of aromatic nitrogens is 3. The number of benzene rings is 2. The van der Waals surface area contributed by atoms with Gasteiger partial charge in [0.25, 0.3) is 0 Å². The van der Waals surface area contributed by atoms with E-state index in [-0.39, 0.29) is 11.7 Å². The number of hydrogen-bond acceptors (Lipinski definition) is 4. The minimum Gasteiger partial charge on any atom is -0.324 e. The van der Waals surface area contributed by atoms with Crippen molar-refractivity contribution in [2.45, 2.75) is 18.6 Å². The quantitative estimate of drug-likeness (QED) is 0.424. The van der Waals surface area contributed by atoms with Crippen molar-refractivity contribution in [2.24, 2.45) is 0 Å². The summed E-state index contributed by atoms with van der Waals surface area (Å²) >= 11 is 25.4. The summed E-state index contributed by atoms with van der Waals surface area (Å²) in [7, 11) is 0. The Labute approximate surface area is 186 Å². The van der Waals surface area contributed by atoms with Gasteiger partial charge in [0.1, 0.15) is 0 Å². The Kier molecular flexibility index (Phi) is 7.12. The lowest BCUT2D eigenvalue weighted by Crippen LogP contribution is -2.15. The van der Waals surface area contributed by atoms with Gasteiger partial charge in [0.2, 0.25) is 5.91 Å². The number of halogens is 4. The van der Waals surface area contributed by atoms with E-state index < -0.39 is 0 Å². The number of anilines is 1. The highest BCUT2D eigenvalue weighted by Crippen LogP contribution is 2.31. The lowest BCUT2D eigenvalue weighted by Gasteiger charge is -2.09. The molecule has 0 aliphatic carbocycles. The zero-order valence-electron chi connectivity index (χ0n) is 14.5. The molecule has 28 heavy (non-hydrogen) atoms. The lowest BCUT2D eigenvalue weighted by atomic mass is 10.2. The largest absolute Gasteiger partial charge is 0.324 e. The van der Waals surface area contributed by atoms with Crippen molar-refractivity contribution in [2.75, 3.05) is 11.1 Å². The van der Waals surface area contributed by atoms with Gasteiger partial charge >= 0.3 is 0 Å². The van der Waals surface area contributed by atoms with Crippen LogP contribution < -0.4 is 5.32 Å². The predicted molar refractivity (Wildman–Crippen MR) is 117 cm³/mol. The van der Waals surface area contributed by atoms with Crippen LogP contribution in [0.25, 0.3) is 11.4 Å². The average molecular weight is 476 g/mol. The first-order chi connectivity index (χ1) is 13.4. The van der Waals surface area contributed by atoms with Crippen molar-refractivity contribution in [1.29, 1.82) is 0 Å². The van der Waals surface area contributed by atoms with Crippen LogP contribution in [0.2, 0.25) is 20.1 Å². The van der Waals surface area contributed by atoms with Gasteiger partial charge in [-0.15, -0.1) is 10.2 Å². The van der Waals surface area contributed by atoms with Gasteiger partial charge in [-0.1, -0.05) is 64.2 Å². The van der Waals surface area contributed by atoms with Crippen LogP contribution in [0.3, 0.4) is 0 Å². The Balaban J connectivity index is 1.72. The topological polar surface area (TPSA) is 59.8 Å². The molecular formula is C18H14Cl4N4OS. The minimum atomic E-state index is -0.226. The highest BCUT2D eigenvalue weighted by Gasteiger charge is 2.16. The van der Waals surface area contributed by atoms with Gasteiger partial charge in [0.05, 0.1) is 31.5 Å². The molecule has 1 amide bonds. The Morgan fingerprint density at radius 1 is 1.07 bits per heavy atom. The molecule has 0 aliphatic heterocycles. The summed E-state index contributed by atoms with van der Waals surface area (Å²) < 4.78 is 1.91. The highest BCUT2D eigenvalue weighted by molar-refractivity contribution is 7.99. The van der Waals surface area contributed by atoms with Crippen molar-refractivity contribution in [3.8, 4) is 11.4 Å². The molecule has 5 nitrogen and oxygen atoms in total. The van der Waals surface area contributed by atoms with Crippen LogP contribution in [0.1, 0.15) is 6.92 Å². The number of rotatable bonds is 6. The maximum absolute atomic E-state index is 12.3. The molecule has 2 aromatic carbocycles. The maximum Gasteiger partial charge on any atom is 0.234 e. The molecule has 1 heterocycles. The van der Waals surface area contributed by atoms with Crippen molar-refractivity contribution in [3.63, 3.8) is 0 Å². The molecule has 0 bridgehead atoms. The summed E-state index contributed by atoms with van der Waals surface area (Å²) in [5.41, 5.74) is 1.26. The van der Waals surface area contributed by atoms with Gasteiger partial charge in [-0.3, -0.25) is 4.79 Å². The van der Waals surface area contributed by atoms with Crippen molar-refractivity contribution in [3.05, 3.63) is 56.5 Å². The van der Waals surface area contributed by atoms with Crippen LogP contribution in [-0.4, -0.2) is 26.4 Å². The third kappa shape index (κ3) is 4.75. The number of carbonyl (C=O) groups is 1. The van der Waals surface area contributed by atoms with Gasteiger partial charge in [0, 0.05) is 12.1 Å². The molecular weight excluding hydrogens is 462 g/mol. The Morgan fingerprint density at radius 3 is 2.57 bits per heavy atom. The summed E-state index contributed by atoms with van der Waals surface area (Å²) in [5, 5.41) is 13.4. The van der Waals surface area contributed by atoms with E-state index in [1.807, 2.05) is 17.6 Å². The standard InChI is InChI=1S/C18H14Cl4N4OS/c1-2-26-17(10-6-7-11(19)13(21)8-10)24-25-18(26)28-9-15(27)23-14-5-3-4-12(20)16(14)22/h3-8H,2,9H2,1H3,(H,23,27). The van der Waals surface area contributed by atoms with E-state index in [2.05, 4.69) is 15.5 Å². The van der Waals surface area contributed by atoms with Crippen molar-refractivity contribution in [1.82, 2.24) is 14.8 Å². The zero-order valence-corrected chi connectivity index (χ0v) is 18.4. The molecule has 10 heteroatoms. The maximum atomic E-state index is 12.3. The molecule has 0 spiro atoms. The molecule has 1 aromatic heterocycles. The second-order valence-electron chi connectivity index (χ2n) is 5.62. The SMILES string of the molecule is CCn1c(SCC(=O)Nc2cccc(Cl)c2Cl)nnc1-c1ccc(Cl)c(Cl)c1. The minimum absolute atomic E-state index is 0.141. The number of hydrogen-bond donors (Lipinski definition) is 1. The van der Waals surface area contributed by atoms with Gasteiger partial charge in [-0.2, -0.15) is 0 Å². The Bertz CT molecular complexity index is 1020. The van der Waals surface area contributed by atoms with E-state index in [9.17, 15) is 4.79 Å². The zero-order chi connectivity index (χ0) is 20.3. The monoisotopic (exact) mass is 474 g/mol. The molecule has 0 fully saturated rings. The first-order valence-electron chi connectivity index (χ1n) is 8.16. The molecule has 0 unspecified atom stereocenters. The van der Waals surface area contributed by atoms with Crippen LogP contribution in [-0.2, 0) is 11.3 Å². The Hall–Kier alpha value is -1.44. The van der Waals surface area contributed by atoms with Crippen LogP contribution in [0.4, 0.5) is 5.69 Å².